The number of methoxy groups -OCH3 is 1. The minimum absolute atomic E-state index is 0.155. The molecule has 0 radical (unpaired) electrons. The van der Waals surface area contributed by atoms with Crippen molar-refractivity contribution in [3.8, 4) is 5.75 Å². The molecule has 0 aliphatic heterocycles. The van der Waals surface area contributed by atoms with Crippen LogP contribution in [0.5, 0.6) is 5.75 Å². The molecule has 164 valence electrons. The standard InChI is InChI=1S/C23H27FN4O3/c1-23(2,3)15-5-7-20-18(10-15)21(27-31-20)22(29)26-17-11-25-28(13-17)12-14-9-16(24)6-8-19(14)30-4/h6,8-9,11,13,15H,5,7,10,12H2,1-4H3,(H,26,29). The van der Waals surface area contributed by atoms with Gasteiger partial charge in [0.05, 0.1) is 25.5 Å². The fourth-order valence-corrected chi connectivity index (χ4v) is 4.07. The van der Waals surface area contributed by atoms with Crippen LogP contribution in [0.1, 0.15) is 54.6 Å². The predicted octanol–water partition coefficient (Wildman–Crippen LogP) is 4.47. The lowest BCUT2D eigenvalue weighted by Crippen LogP contribution is -2.27. The number of hydrogen-bond donors (Lipinski definition) is 1. The number of ether oxygens (including phenoxy) is 1. The van der Waals surface area contributed by atoms with Crippen molar-refractivity contribution >= 4 is 11.6 Å². The van der Waals surface area contributed by atoms with Crippen LogP contribution in [-0.2, 0) is 19.4 Å². The predicted molar refractivity (Wildman–Crippen MR) is 114 cm³/mol. The van der Waals surface area contributed by atoms with Gasteiger partial charge in [0.1, 0.15) is 17.3 Å². The third kappa shape index (κ3) is 4.47. The number of amides is 1. The molecule has 7 nitrogen and oxygen atoms in total. The van der Waals surface area contributed by atoms with Crippen molar-refractivity contribution in [3.05, 3.63) is 59.0 Å². The molecular weight excluding hydrogens is 399 g/mol. The van der Waals surface area contributed by atoms with Gasteiger partial charge < -0.3 is 14.6 Å². The highest BCUT2D eigenvalue weighted by atomic mass is 19.1. The van der Waals surface area contributed by atoms with Crippen LogP contribution in [0, 0.1) is 17.2 Å². The minimum atomic E-state index is -0.346. The van der Waals surface area contributed by atoms with E-state index in [2.05, 4.69) is 36.3 Å². The number of halogens is 1. The number of nitrogens with zero attached hydrogens (tertiary/aromatic N) is 3. The van der Waals surface area contributed by atoms with Gasteiger partial charge in [-0.1, -0.05) is 25.9 Å². The Bertz CT molecular complexity index is 1100. The van der Waals surface area contributed by atoms with Gasteiger partial charge in [0.2, 0.25) is 0 Å². The summed E-state index contributed by atoms with van der Waals surface area (Å²) < 4.78 is 25.9. The summed E-state index contributed by atoms with van der Waals surface area (Å²) in [5.74, 6) is 1.18. The van der Waals surface area contributed by atoms with Gasteiger partial charge >= 0.3 is 0 Å². The molecule has 1 unspecified atom stereocenters. The highest BCUT2D eigenvalue weighted by Gasteiger charge is 2.34. The molecule has 0 saturated carbocycles. The first kappa shape index (κ1) is 21.1. The molecule has 1 N–H and O–H groups in total. The fraction of sp³-hybridized carbons (Fsp3) is 0.435. The monoisotopic (exact) mass is 426 g/mol. The molecule has 1 aromatic carbocycles. The fourth-order valence-electron chi connectivity index (χ4n) is 4.07. The van der Waals surface area contributed by atoms with Gasteiger partial charge in [-0.3, -0.25) is 9.48 Å². The lowest BCUT2D eigenvalue weighted by atomic mass is 9.71. The maximum absolute atomic E-state index is 13.6. The van der Waals surface area contributed by atoms with Crippen LogP contribution < -0.4 is 10.1 Å². The molecule has 0 bridgehead atoms. The highest BCUT2D eigenvalue weighted by Crippen LogP contribution is 2.38. The molecule has 0 fully saturated rings. The Labute approximate surface area is 180 Å². The number of anilines is 1. The van der Waals surface area contributed by atoms with Crippen LogP contribution in [0.25, 0.3) is 0 Å². The molecular formula is C23H27FN4O3. The Balaban J connectivity index is 1.47. The Hall–Kier alpha value is -3.16. The van der Waals surface area contributed by atoms with Crippen molar-refractivity contribution in [2.75, 3.05) is 12.4 Å². The average Bonchev–Trinajstić information content (AvgIpc) is 3.33. The average molecular weight is 426 g/mol. The summed E-state index contributed by atoms with van der Waals surface area (Å²) >= 11 is 0. The second-order valence-electron chi connectivity index (χ2n) is 9.08. The van der Waals surface area contributed by atoms with Gasteiger partial charge in [-0.25, -0.2) is 4.39 Å². The first-order chi connectivity index (χ1) is 14.7. The first-order valence-corrected chi connectivity index (χ1v) is 10.4. The van der Waals surface area contributed by atoms with Gasteiger partial charge in [0.15, 0.2) is 5.69 Å². The van der Waals surface area contributed by atoms with Crippen molar-refractivity contribution < 1.29 is 18.4 Å². The number of nitrogens with one attached hydrogen (secondary N) is 1. The van der Waals surface area contributed by atoms with Crippen molar-refractivity contribution in [1.82, 2.24) is 14.9 Å². The largest absolute Gasteiger partial charge is 0.496 e. The van der Waals surface area contributed by atoms with E-state index in [4.69, 9.17) is 9.26 Å². The highest BCUT2D eigenvalue weighted by molar-refractivity contribution is 6.03. The normalized spacial score (nSPS) is 16.1. The van der Waals surface area contributed by atoms with Crippen LogP contribution in [0.4, 0.5) is 10.1 Å². The van der Waals surface area contributed by atoms with E-state index < -0.39 is 0 Å². The number of aromatic nitrogens is 3. The van der Waals surface area contributed by atoms with Crippen LogP contribution in [0.15, 0.2) is 35.1 Å². The summed E-state index contributed by atoms with van der Waals surface area (Å²) in [6.45, 7) is 6.97. The van der Waals surface area contributed by atoms with Crippen molar-refractivity contribution in [2.45, 2.75) is 46.6 Å². The zero-order valence-corrected chi connectivity index (χ0v) is 18.2. The number of fused-ring (bicyclic) bond motifs is 1. The summed E-state index contributed by atoms with van der Waals surface area (Å²) in [6.07, 6.45) is 5.85. The molecule has 2 heterocycles. The second kappa shape index (κ2) is 8.17. The molecule has 1 aliphatic rings. The summed E-state index contributed by atoms with van der Waals surface area (Å²) in [7, 11) is 1.54. The van der Waals surface area contributed by atoms with E-state index in [0.717, 1.165) is 30.6 Å². The molecule has 1 amide bonds. The van der Waals surface area contributed by atoms with Crippen LogP contribution in [0.2, 0.25) is 0 Å². The third-order valence-corrected chi connectivity index (χ3v) is 5.95. The van der Waals surface area contributed by atoms with Crippen molar-refractivity contribution in [3.63, 3.8) is 0 Å². The summed E-state index contributed by atoms with van der Waals surface area (Å²) in [5.41, 5.74) is 2.58. The van der Waals surface area contributed by atoms with Gasteiger partial charge in [-0.2, -0.15) is 5.10 Å². The summed E-state index contributed by atoms with van der Waals surface area (Å²) in [5, 5.41) is 11.2. The Morgan fingerprint density at radius 1 is 1.39 bits per heavy atom. The molecule has 0 saturated heterocycles. The van der Waals surface area contributed by atoms with E-state index in [1.54, 1.807) is 23.1 Å². The van der Waals surface area contributed by atoms with Crippen LogP contribution >= 0.6 is 0 Å². The zero-order valence-electron chi connectivity index (χ0n) is 18.2. The van der Waals surface area contributed by atoms with E-state index in [1.165, 1.54) is 19.2 Å². The van der Waals surface area contributed by atoms with Crippen molar-refractivity contribution in [1.29, 1.82) is 0 Å². The van der Waals surface area contributed by atoms with E-state index in [9.17, 15) is 9.18 Å². The van der Waals surface area contributed by atoms with E-state index in [1.807, 2.05) is 0 Å². The van der Waals surface area contributed by atoms with Crippen molar-refractivity contribution in [2.24, 2.45) is 11.3 Å². The first-order valence-electron chi connectivity index (χ1n) is 10.4. The Morgan fingerprint density at radius 2 is 2.19 bits per heavy atom. The Kier molecular flexibility index (Phi) is 5.56. The summed E-state index contributed by atoms with van der Waals surface area (Å²) in [6, 6.07) is 4.33. The molecule has 0 spiro atoms. The van der Waals surface area contributed by atoms with Gasteiger partial charge in [0.25, 0.3) is 5.91 Å². The van der Waals surface area contributed by atoms with Gasteiger partial charge in [0, 0.05) is 23.7 Å². The quantitative estimate of drug-likeness (QED) is 0.651. The van der Waals surface area contributed by atoms with E-state index in [-0.39, 0.29) is 17.1 Å². The van der Waals surface area contributed by atoms with E-state index >= 15 is 0 Å². The molecule has 2 aromatic heterocycles. The second-order valence-corrected chi connectivity index (χ2v) is 9.08. The number of hydrogen-bond acceptors (Lipinski definition) is 5. The SMILES string of the molecule is COc1ccc(F)cc1Cn1cc(NC(=O)c2noc3c2CC(C(C)(C)C)CC3)cn1. The maximum atomic E-state index is 13.6. The number of rotatable bonds is 5. The van der Waals surface area contributed by atoms with Crippen LogP contribution in [-0.4, -0.2) is 28.0 Å². The molecule has 8 heteroatoms. The smallest absolute Gasteiger partial charge is 0.278 e. The number of benzene rings is 1. The van der Waals surface area contributed by atoms with Crippen LogP contribution in [0.3, 0.4) is 0 Å². The lowest BCUT2D eigenvalue weighted by molar-refractivity contribution is 0.101. The molecule has 31 heavy (non-hydrogen) atoms. The zero-order chi connectivity index (χ0) is 22.2. The molecule has 3 aromatic rings. The number of aryl methyl sites for hydroxylation is 1. The van der Waals surface area contributed by atoms with Gasteiger partial charge in [-0.05, 0) is 42.4 Å². The minimum Gasteiger partial charge on any atom is -0.496 e. The molecule has 4 rings (SSSR count). The summed E-state index contributed by atoms with van der Waals surface area (Å²) in [4.78, 5) is 12.9. The molecule has 1 atom stereocenters. The van der Waals surface area contributed by atoms with E-state index in [0.29, 0.717) is 35.2 Å². The van der Waals surface area contributed by atoms with Gasteiger partial charge in [-0.15, -0.1) is 0 Å². The Morgan fingerprint density at radius 3 is 2.94 bits per heavy atom. The number of carbonyl (C=O) groups excluding carboxylic acids is 1. The maximum Gasteiger partial charge on any atom is 0.278 e. The third-order valence-electron chi connectivity index (χ3n) is 5.95. The number of carbonyl (C=O) groups is 1. The molecule has 1 aliphatic carbocycles. The topological polar surface area (TPSA) is 82.2 Å². The lowest BCUT2D eigenvalue weighted by Gasteiger charge is -2.33.